The van der Waals surface area contributed by atoms with Crippen molar-refractivity contribution < 1.29 is 8.42 Å². The van der Waals surface area contributed by atoms with Crippen molar-refractivity contribution >= 4 is 15.8 Å². The van der Waals surface area contributed by atoms with Crippen LogP contribution in [0.15, 0.2) is 6.07 Å². The lowest BCUT2D eigenvalue weighted by atomic mass is 10.1. The highest BCUT2D eigenvalue weighted by Gasteiger charge is 2.33. The molecule has 1 aliphatic heterocycles. The summed E-state index contributed by atoms with van der Waals surface area (Å²) >= 11 is 0. The van der Waals surface area contributed by atoms with Gasteiger partial charge in [0.15, 0.2) is 0 Å². The van der Waals surface area contributed by atoms with Crippen LogP contribution in [0.5, 0.6) is 0 Å². The lowest BCUT2D eigenvalue weighted by Crippen LogP contribution is -2.34. The predicted molar refractivity (Wildman–Crippen MR) is 88.8 cm³/mol. The van der Waals surface area contributed by atoms with Gasteiger partial charge in [-0.1, -0.05) is 27.7 Å². The molecule has 2 rings (SSSR count). The molecule has 6 nitrogen and oxygen atoms in total. The molecule has 0 spiro atoms. The van der Waals surface area contributed by atoms with Gasteiger partial charge in [-0.15, -0.1) is 0 Å². The molecule has 0 saturated carbocycles. The van der Waals surface area contributed by atoms with Gasteiger partial charge in [-0.3, -0.25) is 0 Å². The molecule has 22 heavy (non-hydrogen) atoms. The fourth-order valence-electron chi connectivity index (χ4n) is 2.54. The van der Waals surface area contributed by atoms with Gasteiger partial charge in [-0.2, -0.15) is 0 Å². The van der Waals surface area contributed by atoms with E-state index < -0.39 is 10.0 Å². The zero-order valence-corrected chi connectivity index (χ0v) is 14.8. The van der Waals surface area contributed by atoms with Crippen molar-refractivity contribution in [2.45, 2.75) is 51.2 Å². The van der Waals surface area contributed by atoms with Crippen molar-refractivity contribution in [1.29, 1.82) is 0 Å². The molecule has 1 aromatic rings. The topological polar surface area (TPSA) is 75.2 Å². The van der Waals surface area contributed by atoms with Gasteiger partial charge >= 0.3 is 0 Å². The number of nitrogens with zero attached hydrogens (tertiary/aromatic N) is 3. The average Bonchev–Trinajstić information content (AvgIpc) is 2.97. The summed E-state index contributed by atoms with van der Waals surface area (Å²) in [6, 6.07) is 1.99. The van der Waals surface area contributed by atoms with Gasteiger partial charge in [0.1, 0.15) is 11.6 Å². The van der Waals surface area contributed by atoms with Crippen LogP contribution in [-0.2, 0) is 10.0 Å². The van der Waals surface area contributed by atoms with Gasteiger partial charge in [0.2, 0.25) is 10.0 Å². The van der Waals surface area contributed by atoms with E-state index in [0.717, 1.165) is 17.3 Å². The van der Waals surface area contributed by atoms with E-state index in [1.54, 1.807) is 0 Å². The normalized spacial score (nSPS) is 19.4. The van der Waals surface area contributed by atoms with E-state index in [4.69, 9.17) is 0 Å². The highest BCUT2D eigenvalue weighted by atomic mass is 32.2. The van der Waals surface area contributed by atoms with Crippen molar-refractivity contribution in [1.82, 2.24) is 14.7 Å². The first kappa shape index (κ1) is 17.1. The fourth-order valence-corrected chi connectivity index (χ4v) is 3.67. The number of sulfonamides is 1. The lowest BCUT2D eigenvalue weighted by molar-refractivity contribution is 0.575. The van der Waals surface area contributed by atoms with Gasteiger partial charge < -0.3 is 4.90 Å². The van der Waals surface area contributed by atoms with E-state index in [9.17, 15) is 8.42 Å². The number of anilines is 1. The minimum absolute atomic E-state index is 0.247. The average molecular weight is 326 g/mol. The highest BCUT2D eigenvalue weighted by Crippen LogP contribution is 2.26. The molecule has 1 N–H and O–H groups in total. The van der Waals surface area contributed by atoms with E-state index in [1.165, 1.54) is 7.05 Å². The first-order valence-corrected chi connectivity index (χ1v) is 9.35. The Morgan fingerprint density at radius 2 is 1.91 bits per heavy atom. The van der Waals surface area contributed by atoms with Gasteiger partial charge in [0.25, 0.3) is 0 Å². The number of hydrogen-bond donors (Lipinski definition) is 1. The van der Waals surface area contributed by atoms with E-state index in [1.807, 2.05) is 6.07 Å². The molecule has 124 valence electrons. The van der Waals surface area contributed by atoms with Gasteiger partial charge in [-0.05, 0) is 19.4 Å². The Balaban J connectivity index is 2.30. The molecule has 0 bridgehead atoms. The molecule has 1 aromatic heterocycles. The molecular weight excluding hydrogens is 300 g/mol. The van der Waals surface area contributed by atoms with E-state index >= 15 is 0 Å². The monoisotopic (exact) mass is 326 g/mol. The molecule has 1 saturated heterocycles. The smallest absolute Gasteiger partial charge is 0.216 e. The molecule has 7 heteroatoms. The predicted octanol–water partition coefficient (Wildman–Crippen LogP) is 1.85. The summed E-state index contributed by atoms with van der Waals surface area (Å²) in [7, 11) is -1.76. The third kappa shape index (κ3) is 3.57. The zero-order valence-electron chi connectivity index (χ0n) is 14.0. The second kappa shape index (κ2) is 6.50. The van der Waals surface area contributed by atoms with Crippen LogP contribution in [0.4, 0.5) is 5.82 Å². The molecule has 1 fully saturated rings. The Labute approximate surface area is 133 Å². The van der Waals surface area contributed by atoms with E-state index in [0.29, 0.717) is 25.4 Å². The van der Waals surface area contributed by atoms with Crippen LogP contribution in [-0.4, -0.2) is 43.8 Å². The number of rotatable bonds is 5. The SMILES string of the molecule is CNS(=O)(=O)[C@@H]1CCN(c2cc(C(C)C)nc(C(C)C)n2)C1. The fraction of sp³-hybridized carbons (Fsp3) is 0.733. The van der Waals surface area contributed by atoms with Gasteiger partial charge in [0, 0.05) is 30.8 Å². The summed E-state index contributed by atoms with van der Waals surface area (Å²) in [6.45, 7) is 9.54. The van der Waals surface area contributed by atoms with Crippen LogP contribution in [0.25, 0.3) is 0 Å². The zero-order chi connectivity index (χ0) is 16.5. The largest absolute Gasteiger partial charge is 0.355 e. The second-order valence-electron chi connectivity index (χ2n) is 6.42. The number of hydrogen-bond acceptors (Lipinski definition) is 5. The van der Waals surface area contributed by atoms with Gasteiger partial charge in [-0.25, -0.2) is 23.1 Å². The quantitative estimate of drug-likeness (QED) is 0.894. The third-order valence-corrected chi connectivity index (χ3v) is 5.88. The molecule has 0 amide bonds. The van der Waals surface area contributed by atoms with Crippen LogP contribution in [0.2, 0.25) is 0 Å². The van der Waals surface area contributed by atoms with Crippen molar-refractivity contribution in [2.75, 3.05) is 25.0 Å². The molecular formula is C15H26N4O2S. The standard InChI is InChI=1S/C15H26N4O2S/c1-10(2)13-8-14(18-15(17-13)11(3)4)19-7-6-12(9-19)22(20,21)16-5/h8,10-12,16H,6-7,9H2,1-5H3/t12-/m1/s1. The maximum Gasteiger partial charge on any atom is 0.216 e. The Morgan fingerprint density at radius 1 is 1.23 bits per heavy atom. The summed E-state index contributed by atoms with van der Waals surface area (Å²) in [4.78, 5) is 11.3. The van der Waals surface area contributed by atoms with Crippen molar-refractivity contribution in [3.8, 4) is 0 Å². The van der Waals surface area contributed by atoms with E-state index in [2.05, 4.69) is 47.3 Å². The van der Waals surface area contributed by atoms with Crippen LogP contribution >= 0.6 is 0 Å². The molecule has 0 radical (unpaired) electrons. The molecule has 1 aliphatic rings. The Kier molecular flexibility index (Phi) is 5.07. The molecule has 1 atom stereocenters. The Bertz CT molecular complexity index is 602. The summed E-state index contributed by atoms with van der Waals surface area (Å²) < 4.78 is 26.3. The molecule has 0 aliphatic carbocycles. The first-order chi connectivity index (χ1) is 10.2. The second-order valence-corrected chi connectivity index (χ2v) is 8.59. The summed E-state index contributed by atoms with van der Waals surface area (Å²) in [5, 5.41) is -0.377. The molecule has 0 aromatic carbocycles. The highest BCUT2D eigenvalue weighted by molar-refractivity contribution is 7.90. The number of aromatic nitrogens is 2. The summed E-state index contributed by atoms with van der Waals surface area (Å²) in [6.07, 6.45) is 0.626. The van der Waals surface area contributed by atoms with Crippen LogP contribution in [0.3, 0.4) is 0 Å². The van der Waals surface area contributed by atoms with E-state index in [-0.39, 0.29) is 11.2 Å². The van der Waals surface area contributed by atoms with Crippen molar-refractivity contribution in [2.24, 2.45) is 0 Å². The maximum absolute atomic E-state index is 12.0. The minimum atomic E-state index is -3.23. The van der Waals surface area contributed by atoms with Gasteiger partial charge in [0.05, 0.1) is 5.25 Å². The maximum atomic E-state index is 12.0. The molecule has 2 heterocycles. The number of nitrogens with one attached hydrogen (secondary N) is 1. The molecule has 0 unspecified atom stereocenters. The van der Waals surface area contributed by atoms with Crippen LogP contribution < -0.4 is 9.62 Å². The van der Waals surface area contributed by atoms with Crippen LogP contribution in [0, 0.1) is 0 Å². The Morgan fingerprint density at radius 3 is 2.45 bits per heavy atom. The minimum Gasteiger partial charge on any atom is -0.355 e. The van der Waals surface area contributed by atoms with Crippen molar-refractivity contribution in [3.63, 3.8) is 0 Å². The Hall–Kier alpha value is -1.21. The third-order valence-electron chi connectivity index (χ3n) is 4.05. The first-order valence-electron chi connectivity index (χ1n) is 7.80. The van der Waals surface area contributed by atoms with Crippen LogP contribution in [0.1, 0.15) is 57.5 Å². The summed E-state index contributed by atoms with van der Waals surface area (Å²) in [5.41, 5.74) is 1.01. The van der Waals surface area contributed by atoms with Crippen molar-refractivity contribution in [3.05, 3.63) is 17.6 Å². The lowest BCUT2D eigenvalue weighted by Gasteiger charge is -2.20. The summed E-state index contributed by atoms with van der Waals surface area (Å²) in [5.74, 6) is 2.23.